The second-order valence-electron chi connectivity index (χ2n) is 4.62. The van der Waals surface area contributed by atoms with Crippen LogP contribution in [0.4, 0.5) is 0 Å². The Balaban J connectivity index is 2.06. The number of ether oxygens (including phenoxy) is 1. The average Bonchev–Trinajstić information content (AvgIpc) is 2.73. The minimum Gasteiger partial charge on any atom is -0.381 e. The van der Waals surface area contributed by atoms with Crippen LogP contribution in [0.1, 0.15) is 44.4 Å². The maximum absolute atomic E-state index is 5.52. The van der Waals surface area contributed by atoms with Gasteiger partial charge in [0, 0.05) is 38.6 Å². The van der Waals surface area contributed by atoms with E-state index in [2.05, 4.69) is 30.5 Å². The molecule has 0 saturated heterocycles. The molecular weight excluding hydrogens is 226 g/mol. The van der Waals surface area contributed by atoms with E-state index >= 15 is 0 Å². The number of nitrogens with zero attached hydrogens (tertiary/aromatic N) is 2. The number of aromatic nitrogens is 2. The topological polar surface area (TPSA) is 39.1 Å². The summed E-state index contributed by atoms with van der Waals surface area (Å²) in [6.07, 6.45) is 6.55. The molecule has 0 aliphatic rings. The number of nitrogens with one attached hydrogen (secondary N) is 1. The fourth-order valence-corrected chi connectivity index (χ4v) is 1.90. The summed E-state index contributed by atoms with van der Waals surface area (Å²) in [6.45, 7) is 8.01. The Kier molecular flexibility index (Phi) is 7.69. The van der Waals surface area contributed by atoms with E-state index in [9.17, 15) is 0 Å². The van der Waals surface area contributed by atoms with Crippen molar-refractivity contribution in [3.8, 4) is 0 Å². The molecule has 0 spiro atoms. The molecule has 0 aliphatic heterocycles. The second kappa shape index (κ2) is 9.11. The average molecular weight is 253 g/mol. The van der Waals surface area contributed by atoms with E-state index in [1.807, 2.05) is 11.7 Å². The van der Waals surface area contributed by atoms with Crippen molar-refractivity contribution in [3.05, 3.63) is 17.5 Å². The van der Waals surface area contributed by atoms with Gasteiger partial charge in [0.1, 0.15) is 0 Å². The summed E-state index contributed by atoms with van der Waals surface area (Å²) >= 11 is 0. The minimum absolute atomic E-state index is 0.862. The Hall–Kier alpha value is -0.870. The lowest BCUT2D eigenvalue weighted by atomic mass is 10.2. The smallest absolute Gasteiger partial charge is 0.0666 e. The molecule has 0 fully saturated rings. The molecule has 18 heavy (non-hydrogen) atoms. The van der Waals surface area contributed by atoms with Crippen molar-refractivity contribution < 1.29 is 4.74 Å². The summed E-state index contributed by atoms with van der Waals surface area (Å²) < 4.78 is 7.41. The summed E-state index contributed by atoms with van der Waals surface area (Å²) in [4.78, 5) is 0. The van der Waals surface area contributed by atoms with Crippen LogP contribution in [0.25, 0.3) is 0 Å². The Bertz CT molecular complexity index is 323. The van der Waals surface area contributed by atoms with Crippen molar-refractivity contribution >= 4 is 0 Å². The summed E-state index contributed by atoms with van der Waals surface area (Å²) in [5.74, 6) is 0. The van der Waals surface area contributed by atoms with Gasteiger partial charge in [-0.25, -0.2) is 0 Å². The van der Waals surface area contributed by atoms with Crippen molar-refractivity contribution in [2.45, 2.75) is 46.1 Å². The molecular formula is C14H27N3O. The van der Waals surface area contributed by atoms with E-state index in [0.717, 1.165) is 39.1 Å². The first kappa shape index (κ1) is 15.2. The van der Waals surface area contributed by atoms with Crippen molar-refractivity contribution in [1.29, 1.82) is 0 Å². The predicted molar refractivity (Wildman–Crippen MR) is 74.6 cm³/mol. The van der Waals surface area contributed by atoms with E-state index in [0.29, 0.717) is 0 Å². The number of hydrogen-bond acceptors (Lipinski definition) is 3. The molecule has 0 bridgehead atoms. The van der Waals surface area contributed by atoms with Crippen LogP contribution in [-0.4, -0.2) is 29.5 Å². The highest BCUT2D eigenvalue weighted by Gasteiger charge is 2.04. The first-order valence-electron chi connectivity index (χ1n) is 7.07. The van der Waals surface area contributed by atoms with Gasteiger partial charge in [0.25, 0.3) is 0 Å². The number of aryl methyl sites for hydroxylation is 2. The van der Waals surface area contributed by atoms with Gasteiger partial charge in [0.2, 0.25) is 0 Å². The summed E-state index contributed by atoms with van der Waals surface area (Å²) in [7, 11) is 1.98. The third kappa shape index (κ3) is 5.65. The molecule has 0 atom stereocenters. The highest BCUT2D eigenvalue weighted by Crippen LogP contribution is 2.06. The predicted octanol–water partition coefficient (Wildman–Crippen LogP) is 2.28. The molecule has 1 rings (SSSR count). The van der Waals surface area contributed by atoms with Gasteiger partial charge in [-0.3, -0.25) is 4.68 Å². The SMILES string of the molecule is CCCCOCCCNCc1cn(C)nc1CC. The molecule has 0 radical (unpaired) electrons. The van der Waals surface area contributed by atoms with Crippen molar-refractivity contribution in [2.75, 3.05) is 19.8 Å². The molecule has 0 aliphatic carbocycles. The van der Waals surface area contributed by atoms with Gasteiger partial charge < -0.3 is 10.1 Å². The molecule has 104 valence electrons. The van der Waals surface area contributed by atoms with E-state index in [1.165, 1.54) is 24.1 Å². The molecule has 1 N–H and O–H groups in total. The van der Waals surface area contributed by atoms with E-state index in [4.69, 9.17) is 4.74 Å². The van der Waals surface area contributed by atoms with Gasteiger partial charge in [0.05, 0.1) is 5.69 Å². The molecule has 4 nitrogen and oxygen atoms in total. The van der Waals surface area contributed by atoms with Gasteiger partial charge in [-0.15, -0.1) is 0 Å². The summed E-state index contributed by atoms with van der Waals surface area (Å²) in [6, 6.07) is 0. The normalized spacial score (nSPS) is 11.1. The van der Waals surface area contributed by atoms with Crippen LogP contribution >= 0.6 is 0 Å². The van der Waals surface area contributed by atoms with Gasteiger partial charge in [-0.1, -0.05) is 20.3 Å². The largest absolute Gasteiger partial charge is 0.381 e. The van der Waals surface area contributed by atoms with E-state index in [-0.39, 0.29) is 0 Å². The van der Waals surface area contributed by atoms with Crippen molar-refractivity contribution in [3.63, 3.8) is 0 Å². The third-order valence-electron chi connectivity index (χ3n) is 2.93. The first-order valence-corrected chi connectivity index (χ1v) is 7.07. The second-order valence-corrected chi connectivity index (χ2v) is 4.62. The molecule has 0 unspecified atom stereocenters. The number of hydrogen-bond donors (Lipinski definition) is 1. The number of unbranched alkanes of at least 4 members (excludes halogenated alkanes) is 1. The minimum atomic E-state index is 0.862. The Morgan fingerprint density at radius 3 is 2.78 bits per heavy atom. The summed E-state index contributed by atoms with van der Waals surface area (Å²) in [5.41, 5.74) is 2.51. The van der Waals surface area contributed by atoms with E-state index < -0.39 is 0 Å². The molecule has 1 aromatic heterocycles. The Labute approximate surface area is 111 Å². The molecule has 0 amide bonds. The lowest BCUT2D eigenvalue weighted by Crippen LogP contribution is -2.17. The molecule has 4 heteroatoms. The van der Waals surface area contributed by atoms with Crippen molar-refractivity contribution in [2.24, 2.45) is 7.05 Å². The molecule has 0 saturated carbocycles. The van der Waals surface area contributed by atoms with Crippen LogP contribution in [0.2, 0.25) is 0 Å². The highest BCUT2D eigenvalue weighted by molar-refractivity contribution is 5.16. The molecule has 0 aromatic carbocycles. The maximum atomic E-state index is 5.52. The van der Waals surface area contributed by atoms with E-state index in [1.54, 1.807) is 0 Å². The highest BCUT2D eigenvalue weighted by atomic mass is 16.5. The number of rotatable bonds is 10. The quantitative estimate of drug-likeness (QED) is 0.650. The standard InChI is InChI=1S/C14H27N3O/c1-4-6-9-18-10-7-8-15-11-13-12-17(3)16-14(13)5-2/h12,15H,4-11H2,1-3H3. The zero-order valence-electron chi connectivity index (χ0n) is 12.0. The molecule has 1 aromatic rings. The van der Waals surface area contributed by atoms with Gasteiger partial charge >= 0.3 is 0 Å². The van der Waals surface area contributed by atoms with Crippen LogP contribution in [0.3, 0.4) is 0 Å². The fraction of sp³-hybridized carbons (Fsp3) is 0.786. The summed E-state index contributed by atoms with van der Waals surface area (Å²) in [5, 5.41) is 7.88. The maximum Gasteiger partial charge on any atom is 0.0666 e. The van der Waals surface area contributed by atoms with Gasteiger partial charge in [-0.05, 0) is 25.8 Å². The lowest BCUT2D eigenvalue weighted by Gasteiger charge is -2.05. The zero-order valence-corrected chi connectivity index (χ0v) is 12.0. The zero-order chi connectivity index (χ0) is 13.2. The molecule has 1 heterocycles. The fourth-order valence-electron chi connectivity index (χ4n) is 1.90. The monoisotopic (exact) mass is 253 g/mol. The lowest BCUT2D eigenvalue weighted by molar-refractivity contribution is 0.129. The van der Waals surface area contributed by atoms with Gasteiger partial charge in [-0.2, -0.15) is 5.10 Å². The third-order valence-corrected chi connectivity index (χ3v) is 2.93. The van der Waals surface area contributed by atoms with Crippen LogP contribution < -0.4 is 5.32 Å². The van der Waals surface area contributed by atoms with Crippen LogP contribution in [0, 0.1) is 0 Å². The Morgan fingerprint density at radius 1 is 1.28 bits per heavy atom. The Morgan fingerprint density at radius 2 is 2.06 bits per heavy atom. The van der Waals surface area contributed by atoms with Crippen LogP contribution in [-0.2, 0) is 24.8 Å². The van der Waals surface area contributed by atoms with Crippen LogP contribution in [0.5, 0.6) is 0 Å². The van der Waals surface area contributed by atoms with Crippen LogP contribution in [0.15, 0.2) is 6.20 Å². The first-order chi connectivity index (χ1) is 8.77. The van der Waals surface area contributed by atoms with Crippen molar-refractivity contribution in [1.82, 2.24) is 15.1 Å². The van der Waals surface area contributed by atoms with Gasteiger partial charge in [0.15, 0.2) is 0 Å².